The first-order valence-corrected chi connectivity index (χ1v) is 6.95. The maximum atomic E-state index is 11.9. The lowest BCUT2D eigenvalue weighted by atomic mass is 10.2. The quantitative estimate of drug-likeness (QED) is 0.696. The Balaban J connectivity index is 2.68. The molecule has 1 aromatic carbocycles. The average molecular weight is 258 g/mol. The van der Waals surface area contributed by atoms with E-state index in [1.807, 2.05) is 6.92 Å². The molecular weight excluding hydrogens is 240 g/mol. The van der Waals surface area contributed by atoms with Gasteiger partial charge in [0.15, 0.2) is 0 Å². The highest BCUT2D eigenvalue weighted by molar-refractivity contribution is 7.89. The van der Waals surface area contributed by atoms with Gasteiger partial charge in [-0.3, -0.25) is 0 Å². The van der Waals surface area contributed by atoms with Crippen molar-refractivity contribution < 1.29 is 13.2 Å². The Morgan fingerprint density at radius 1 is 1.41 bits per heavy atom. The summed E-state index contributed by atoms with van der Waals surface area (Å²) in [4.78, 5) is 0.233. The molecule has 0 aliphatic rings. The predicted octanol–water partition coefficient (Wildman–Crippen LogP) is 0.460. The predicted molar refractivity (Wildman–Crippen MR) is 66.0 cm³/mol. The Morgan fingerprint density at radius 3 is 2.82 bits per heavy atom. The molecule has 0 heterocycles. The van der Waals surface area contributed by atoms with Gasteiger partial charge in [-0.2, -0.15) is 0 Å². The van der Waals surface area contributed by atoms with Gasteiger partial charge in [-0.05, 0) is 24.6 Å². The summed E-state index contributed by atoms with van der Waals surface area (Å²) in [7, 11) is -3.46. The van der Waals surface area contributed by atoms with Gasteiger partial charge in [0.1, 0.15) is 0 Å². The second-order valence-electron chi connectivity index (χ2n) is 3.45. The van der Waals surface area contributed by atoms with Crippen molar-refractivity contribution in [1.82, 2.24) is 4.72 Å². The smallest absolute Gasteiger partial charge is 0.240 e. The molecule has 1 aromatic rings. The SMILES string of the molecule is CCOCCNS(=O)(=O)c1cccc(CN)c1. The number of ether oxygens (including phenoxy) is 1. The summed E-state index contributed by atoms with van der Waals surface area (Å²) in [5.74, 6) is 0. The molecule has 0 aliphatic carbocycles. The van der Waals surface area contributed by atoms with Gasteiger partial charge in [0.25, 0.3) is 0 Å². The van der Waals surface area contributed by atoms with E-state index in [2.05, 4.69) is 4.72 Å². The third kappa shape index (κ3) is 4.43. The van der Waals surface area contributed by atoms with E-state index in [0.29, 0.717) is 19.8 Å². The Bertz CT molecular complexity index is 446. The van der Waals surface area contributed by atoms with Crippen LogP contribution < -0.4 is 10.5 Å². The molecule has 0 aliphatic heterocycles. The number of benzene rings is 1. The van der Waals surface area contributed by atoms with Crippen molar-refractivity contribution in [1.29, 1.82) is 0 Å². The van der Waals surface area contributed by atoms with Crippen molar-refractivity contribution in [3.8, 4) is 0 Å². The van der Waals surface area contributed by atoms with E-state index in [4.69, 9.17) is 10.5 Å². The highest BCUT2D eigenvalue weighted by atomic mass is 32.2. The molecule has 1 rings (SSSR count). The van der Waals surface area contributed by atoms with Gasteiger partial charge in [0.2, 0.25) is 10.0 Å². The third-order valence-corrected chi connectivity index (χ3v) is 3.65. The van der Waals surface area contributed by atoms with Crippen molar-refractivity contribution in [2.45, 2.75) is 18.4 Å². The third-order valence-electron chi connectivity index (χ3n) is 2.19. The van der Waals surface area contributed by atoms with Crippen LogP contribution in [0, 0.1) is 0 Å². The van der Waals surface area contributed by atoms with Crippen molar-refractivity contribution in [3.05, 3.63) is 29.8 Å². The van der Waals surface area contributed by atoms with Crippen LogP contribution in [0.1, 0.15) is 12.5 Å². The van der Waals surface area contributed by atoms with Crippen LogP contribution in [0.25, 0.3) is 0 Å². The van der Waals surface area contributed by atoms with Gasteiger partial charge in [-0.1, -0.05) is 12.1 Å². The van der Waals surface area contributed by atoms with E-state index < -0.39 is 10.0 Å². The molecule has 0 saturated heterocycles. The van der Waals surface area contributed by atoms with Gasteiger partial charge in [0.05, 0.1) is 11.5 Å². The lowest BCUT2D eigenvalue weighted by Gasteiger charge is -2.07. The molecule has 6 heteroatoms. The Labute approximate surface area is 102 Å². The van der Waals surface area contributed by atoms with E-state index in [0.717, 1.165) is 5.56 Å². The van der Waals surface area contributed by atoms with Gasteiger partial charge >= 0.3 is 0 Å². The van der Waals surface area contributed by atoms with Crippen molar-refractivity contribution in [2.75, 3.05) is 19.8 Å². The van der Waals surface area contributed by atoms with Gasteiger partial charge in [0, 0.05) is 19.7 Å². The first kappa shape index (κ1) is 14.1. The molecule has 0 amide bonds. The Kier molecular flexibility index (Phi) is 5.57. The van der Waals surface area contributed by atoms with Crippen molar-refractivity contribution >= 4 is 10.0 Å². The van der Waals surface area contributed by atoms with Crippen LogP contribution in [0.3, 0.4) is 0 Å². The standard InChI is InChI=1S/C11H18N2O3S/c1-2-16-7-6-13-17(14,15)11-5-3-4-10(8-11)9-12/h3-5,8,13H,2,6-7,9,12H2,1H3. The van der Waals surface area contributed by atoms with Crippen LogP contribution in [0.15, 0.2) is 29.2 Å². The van der Waals surface area contributed by atoms with Crippen LogP contribution in [0.2, 0.25) is 0 Å². The molecule has 0 radical (unpaired) electrons. The first-order valence-electron chi connectivity index (χ1n) is 5.46. The number of rotatable bonds is 7. The second kappa shape index (κ2) is 6.70. The minimum atomic E-state index is -3.46. The molecule has 0 fully saturated rings. The van der Waals surface area contributed by atoms with E-state index in [-0.39, 0.29) is 11.4 Å². The molecule has 96 valence electrons. The van der Waals surface area contributed by atoms with Crippen LogP contribution in [0.4, 0.5) is 0 Å². The van der Waals surface area contributed by atoms with E-state index >= 15 is 0 Å². The van der Waals surface area contributed by atoms with Crippen molar-refractivity contribution in [2.24, 2.45) is 5.73 Å². The number of nitrogens with two attached hydrogens (primary N) is 1. The Morgan fingerprint density at radius 2 is 2.18 bits per heavy atom. The average Bonchev–Trinajstić information content (AvgIpc) is 2.35. The topological polar surface area (TPSA) is 81.4 Å². The second-order valence-corrected chi connectivity index (χ2v) is 5.21. The largest absolute Gasteiger partial charge is 0.380 e. The number of nitrogens with one attached hydrogen (secondary N) is 1. The van der Waals surface area contributed by atoms with Crippen LogP contribution in [-0.4, -0.2) is 28.2 Å². The molecule has 0 atom stereocenters. The van der Waals surface area contributed by atoms with Crippen LogP contribution >= 0.6 is 0 Å². The zero-order chi connectivity index (χ0) is 12.7. The first-order chi connectivity index (χ1) is 8.10. The number of hydrogen-bond acceptors (Lipinski definition) is 4. The van der Waals surface area contributed by atoms with Gasteiger partial charge < -0.3 is 10.5 Å². The molecule has 3 N–H and O–H groups in total. The zero-order valence-corrected chi connectivity index (χ0v) is 10.7. The zero-order valence-electron chi connectivity index (χ0n) is 9.85. The molecular formula is C11H18N2O3S. The van der Waals surface area contributed by atoms with Gasteiger partial charge in [-0.25, -0.2) is 13.1 Å². The monoisotopic (exact) mass is 258 g/mol. The summed E-state index contributed by atoms with van der Waals surface area (Å²) in [6.07, 6.45) is 0. The summed E-state index contributed by atoms with van der Waals surface area (Å²) in [5.41, 5.74) is 6.26. The fourth-order valence-electron chi connectivity index (χ4n) is 1.32. The maximum Gasteiger partial charge on any atom is 0.240 e. The summed E-state index contributed by atoms with van der Waals surface area (Å²) >= 11 is 0. The molecule has 17 heavy (non-hydrogen) atoms. The highest BCUT2D eigenvalue weighted by Crippen LogP contribution is 2.10. The summed E-state index contributed by atoms with van der Waals surface area (Å²) < 4.78 is 31.2. The molecule has 0 bridgehead atoms. The van der Waals surface area contributed by atoms with E-state index in [1.165, 1.54) is 0 Å². The molecule has 0 saturated carbocycles. The number of hydrogen-bond donors (Lipinski definition) is 2. The number of sulfonamides is 1. The normalized spacial score (nSPS) is 11.6. The minimum absolute atomic E-state index is 0.233. The van der Waals surface area contributed by atoms with E-state index in [1.54, 1.807) is 24.3 Å². The van der Waals surface area contributed by atoms with E-state index in [9.17, 15) is 8.42 Å². The van der Waals surface area contributed by atoms with Crippen LogP contribution in [0.5, 0.6) is 0 Å². The fourth-order valence-corrected chi connectivity index (χ4v) is 2.40. The minimum Gasteiger partial charge on any atom is -0.380 e. The molecule has 0 unspecified atom stereocenters. The van der Waals surface area contributed by atoms with Crippen LogP contribution in [-0.2, 0) is 21.3 Å². The van der Waals surface area contributed by atoms with Crippen molar-refractivity contribution in [3.63, 3.8) is 0 Å². The molecule has 5 nitrogen and oxygen atoms in total. The summed E-state index contributed by atoms with van der Waals surface area (Å²) in [6.45, 7) is 3.39. The lowest BCUT2D eigenvalue weighted by molar-refractivity contribution is 0.153. The van der Waals surface area contributed by atoms with Gasteiger partial charge in [-0.15, -0.1) is 0 Å². The summed E-state index contributed by atoms with van der Waals surface area (Å²) in [5, 5.41) is 0. The highest BCUT2D eigenvalue weighted by Gasteiger charge is 2.13. The lowest BCUT2D eigenvalue weighted by Crippen LogP contribution is -2.27. The molecule has 0 aromatic heterocycles. The fraction of sp³-hybridized carbons (Fsp3) is 0.455. The summed E-state index contributed by atoms with van der Waals surface area (Å²) in [6, 6.07) is 6.59. The molecule has 0 spiro atoms. The maximum absolute atomic E-state index is 11.9. The Hall–Kier alpha value is -0.950.